The van der Waals surface area contributed by atoms with E-state index >= 15 is 0 Å². The van der Waals surface area contributed by atoms with Crippen LogP contribution < -0.4 is 10.1 Å². The summed E-state index contributed by atoms with van der Waals surface area (Å²) in [6, 6.07) is 0.0919. The number of nitrogens with one attached hydrogen (secondary N) is 1. The largest absolute Gasteiger partial charge is 0.493 e. The number of aromatic hydroxyl groups is 1. The number of ether oxygens (including phenoxy) is 1. The summed E-state index contributed by atoms with van der Waals surface area (Å²) in [6.07, 6.45) is 2.56. The van der Waals surface area contributed by atoms with E-state index in [1.54, 1.807) is 6.26 Å². The third-order valence-corrected chi connectivity index (χ3v) is 3.98. The topological polar surface area (TPSA) is 80.2 Å². The number of thioether (sulfide) groups is 1. The highest BCUT2D eigenvalue weighted by Crippen LogP contribution is 2.35. The van der Waals surface area contributed by atoms with Crippen LogP contribution in [-0.4, -0.2) is 46.0 Å². The van der Waals surface area contributed by atoms with Crippen molar-refractivity contribution in [2.24, 2.45) is 0 Å². The van der Waals surface area contributed by atoms with Crippen LogP contribution in [0.3, 0.4) is 0 Å². The Morgan fingerprint density at radius 1 is 1.41 bits per heavy atom. The first-order valence-electron chi connectivity index (χ1n) is 6.61. The summed E-state index contributed by atoms with van der Waals surface area (Å²) in [7, 11) is 1.81. The van der Waals surface area contributed by atoms with E-state index in [0.29, 0.717) is 6.61 Å². The molecule has 0 aliphatic carbocycles. The Bertz CT molecular complexity index is 685. The second kappa shape index (κ2) is 7.26. The van der Waals surface area contributed by atoms with Gasteiger partial charge in [0.2, 0.25) is 11.8 Å². The van der Waals surface area contributed by atoms with Gasteiger partial charge in [0, 0.05) is 6.04 Å². The maximum absolute atomic E-state index is 14.1. The molecule has 0 aromatic carbocycles. The fraction of sp³-hybridized carbons (Fsp3) is 0.462. The lowest BCUT2D eigenvalue weighted by molar-refractivity contribution is 0.260. The van der Waals surface area contributed by atoms with Gasteiger partial charge in [0.25, 0.3) is 0 Å². The Balaban J connectivity index is 2.52. The van der Waals surface area contributed by atoms with Crippen molar-refractivity contribution >= 4 is 34.3 Å². The van der Waals surface area contributed by atoms with E-state index in [-0.39, 0.29) is 39.0 Å². The van der Waals surface area contributed by atoms with Gasteiger partial charge in [-0.1, -0.05) is 30.3 Å². The van der Waals surface area contributed by atoms with E-state index in [0.717, 1.165) is 6.42 Å². The predicted molar refractivity (Wildman–Crippen MR) is 84.4 cm³/mol. The number of pyridine rings is 1. The molecule has 0 bridgehead atoms. The quantitative estimate of drug-likeness (QED) is 0.472. The number of likely N-dealkylation sites (N-methyl/N-ethyl adjacent to an activating group) is 1. The van der Waals surface area contributed by atoms with Crippen molar-refractivity contribution in [3.8, 4) is 11.8 Å². The third kappa shape index (κ3) is 3.34. The molecule has 2 rings (SSSR count). The first-order valence-corrected chi connectivity index (χ1v) is 8.21. The number of aromatic nitrogens is 3. The molecule has 0 radical (unpaired) electrons. The second-order valence-corrected chi connectivity index (χ2v) is 5.62. The van der Waals surface area contributed by atoms with Gasteiger partial charge >= 0.3 is 0 Å². The Labute approximate surface area is 136 Å². The molecule has 0 unspecified atom stereocenters. The lowest BCUT2D eigenvalue weighted by Crippen LogP contribution is -2.31. The number of rotatable bonds is 6. The smallest absolute Gasteiger partial charge is 0.230 e. The van der Waals surface area contributed by atoms with Crippen LogP contribution in [0.15, 0.2) is 5.16 Å². The third-order valence-electron chi connectivity index (χ3n) is 3.18. The molecule has 0 amide bonds. The van der Waals surface area contributed by atoms with E-state index < -0.39 is 5.82 Å². The van der Waals surface area contributed by atoms with Gasteiger partial charge in [-0.2, -0.15) is 9.97 Å². The first kappa shape index (κ1) is 17.0. The van der Waals surface area contributed by atoms with Crippen molar-refractivity contribution in [3.63, 3.8) is 0 Å². The summed E-state index contributed by atoms with van der Waals surface area (Å²) in [5.74, 6) is -1.18. The van der Waals surface area contributed by atoms with Gasteiger partial charge < -0.3 is 15.2 Å². The van der Waals surface area contributed by atoms with Gasteiger partial charge in [0.1, 0.15) is 17.5 Å². The standard InChI is InChI=1S/C13H16ClFN4O2S/c1-4-6(16-2)5-21-12-7-9(8(15)10(14)18-12)17-13(22-3)19-11(7)20/h6,16H,4-5H2,1-3H3,(H,17,19,20)/t6-/m0/s1. The molecule has 2 aromatic rings. The molecule has 120 valence electrons. The zero-order chi connectivity index (χ0) is 16.3. The van der Waals surface area contributed by atoms with E-state index in [9.17, 15) is 9.50 Å². The average molecular weight is 347 g/mol. The van der Waals surface area contributed by atoms with Crippen LogP contribution in [0.4, 0.5) is 4.39 Å². The molecular weight excluding hydrogens is 331 g/mol. The summed E-state index contributed by atoms with van der Waals surface area (Å²) in [5, 5.41) is 13.0. The van der Waals surface area contributed by atoms with Gasteiger partial charge in [-0.15, -0.1) is 0 Å². The molecule has 0 spiro atoms. The molecular formula is C13H16ClFN4O2S. The van der Waals surface area contributed by atoms with E-state index in [1.807, 2.05) is 14.0 Å². The minimum atomic E-state index is -0.808. The normalized spacial score (nSPS) is 12.6. The zero-order valence-corrected chi connectivity index (χ0v) is 13.9. The maximum Gasteiger partial charge on any atom is 0.230 e. The second-order valence-electron chi connectivity index (χ2n) is 4.48. The molecule has 9 heteroatoms. The molecule has 0 saturated carbocycles. The lowest BCUT2D eigenvalue weighted by Gasteiger charge is -2.16. The predicted octanol–water partition coefficient (Wildman–Crippen LogP) is 2.62. The van der Waals surface area contributed by atoms with Crippen LogP contribution in [-0.2, 0) is 0 Å². The number of nitrogens with zero attached hydrogens (tertiary/aromatic N) is 3. The fourth-order valence-corrected chi connectivity index (χ4v) is 2.38. The van der Waals surface area contributed by atoms with Crippen molar-refractivity contribution in [1.82, 2.24) is 20.3 Å². The molecule has 2 N–H and O–H groups in total. The summed E-state index contributed by atoms with van der Waals surface area (Å²) < 4.78 is 19.7. The minimum Gasteiger partial charge on any atom is -0.493 e. The van der Waals surface area contributed by atoms with Gasteiger partial charge in [-0.25, -0.2) is 9.37 Å². The summed E-state index contributed by atoms with van der Waals surface area (Å²) >= 11 is 6.97. The Hall–Kier alpha value is -1.38. The van der Waals surface area contributed by atoms with Crippen molar-refractivity contribution in [2.75, 3.05) is 19.9 Å². The summed E-state index contributed by atoms with van der Waals surface area (Å²) in [6.45, 7) is 2.29. The molecule has 1 atom stereocenters. The summed E-state index contributed by atoms with van der Waals surface area (Å²) in [4.78, 5) is 11.8. The van der Waals surface area contributed by atoms with Crippen LogP contribution in [0, 0.1) is 5.82 Å². The Morgan fingerprint density at radius 2 is 2.14 bits per heavy atom. The Kier molecular flexibility index (Phi) is 5.60. The SMILES string of the molecule is CC[C@@H](COc1nc(Cl)c(F)c2nc(SC)nc(O)c12)NC. The molecule has 6 nitrogen and oxygen atoms in total. The maximum atomic E-state index is 14.1. The van der Waals surface area contributed by atoms with E-state index in [1.165, 1.54) is 11.8 Å². The highest BCUT2D eigenvalue weighted by atomic mass is 35.5. The number of hydrogen-bond donors (Lipinski definition) is 2. The van der Waals surface area contributed by atoms with E-state index in [2.05, 4.69) is 20.3 Å². The van der Waals surface area contributed by atoms with Crippen LogP contribution in [0.5, 0.6) is 11.8 Å². The fourth-order valence-electron chi connectivity index (χ4n) is 1.86. The van der Waals surface area contributed by atoms with Gasteiger partial charge in [-0.05, 0) is 19.7 Å². The zero-order valence-electron chi connectivity index (χ0n) is 12.4. The first-order chi connectivity index (χ1) is 10.5. The van der Waals surface area contributed by atoms with Crippen LogP contribution >= 0.6 is 23.4 Å². The van der Waals surface area contributed by atoms with E-state index in [4.69, 9.17) is 16.3 Å². The number of fused-ring (bicyclic) bond motifs is 1. The van der Waals surface area contributed by atoms with Crippen LogP contribution in [0.1, 0.15) is 13.3 Å². The summed E-state index contributed by atoms with van der Waals surface area (Å²) in [5.41, 5.74) is -0.107. The lowest BCUT2D eigenvalue weighted by atomic mass is 10.2. The van der Waals surface area contributed by atoms with Crippen molar-refractivity contribution in [1.29, 1.82) is 0 Å². The molecule has 22 heavy (non-hydrogen) atoms. The monoisotopic (exact) mass is 346 g/mol. The minimum absolute atomic E-state index is 0.0141. The molecule has 2 heterocycles. The molecule has 2 aromatic heterocycles. The van der Waals surface area contributed by atoms with Gasteiger partial charge in [-0.3, -0.25) is 0 Å². The van der Waals surface area contributed by atoms with Gasteiger partial charge in [0.05, 0.1) is 0 Å². The average Bonchev–Trinajstić information content (AvgIpc) is 2.52. The highest BCUT2D eigenvalue weighted by molar-refractivity contribution is 7.98. The molecule has 0 aliphatic heterocycles. The molecule has 0 aliphatic rings. The van der Waals surface area contributed by atoms with Crippen LogP contribution in [0.25, 0.3) is 10.9 Å². The molecule has 0 saturated heterocycles. The Morgan fingerprint density at radius 3 is 2.73 bits per heavy atom. The highest BCUT2D eigenvalue weighted by Gasteiger charge is 2.21. The number of halogens is 2. The van der Waals surface area contributed by atoms with Crippen molar-refractivity contribution < 1.29 is 14.2 Å². The van der Waals surface area contributed by atoms with Crippen LogP contribution in [0.2, 0.25) is 5.15 Å². The molecule has 0 fully saturated rings. The van der Waals surface area contributed by atoms with Crippen molar-refractivity contribution in [2.45, 2.75) is 24.5 Å². The van der Waals surface area contributed by atoms with Gasteiger partial charge in [0.15, 0.2) is 16.1 Å². The number of hydrogen-bond acceptors (Lipinski definition) is 7. The van der Waals surface area contributed by atoms with Crippen molar-refractivity contribution in [3.05, 3.63) is 11.0 Å².